The molecule has 0 bridgehead atoms. The Kier molecular flexibility index (Phi) is 10.2. The smallest absolute Gasteiger partial charge is 0.172 e. The molecule has 5 aromatic carbocycles. The van der Waals surface area contributed by atoms with Crippen molar-refractivity contribution >= 4 is 24.8 Å². The molecular formula is C40H48Hf. The van der Waals surface area contributed by atoms with E-state index in [9.17, 15) is 0 Å². The summed E-state index contributed by atoms with van der Waals surface area (Å²) in [7, 11) is 0. The number of rotatable bonds is 3. The van der Waals surface area contributed by atoms with Gasteiger partial charge in [0.05, 0.1) is 0 Å². The van der Waals surface area contributed by atoms with Gasteiger partial charge < -0.3 is 0 Å². The Morgan fingerprint density at radius 1 is 0.732 bits per heavy atom. The molecule has 6 rings (SSSR count). The summed E-state index contributed by atoms with van der Waals surface area (Å²) in [4.78, 5) is 0. The third-order valence-corrected chi connectivity index (χ3v) is 10.9. The van der Waals surface area contributed by atoms with Crippen molar-refractivity contribution in [1.29, 1.82) is 0 Å². The van der Waals surface area contributed by atoms with Crippen molar-refractivity contribution < 1.29 is 23.9 Å². The SMILES string of the molecule is CC(C)(C)c1ccc2c(c1)[cH-]c1cc(C(C)(C)C)ccc12.CC(C)c1ccc([C](=[Hf+2])C2CCC2)cc1.c1cc[cH-]c1. The van der Waals surface area contributed by atoms with Crippen LogP contribution in [0.1, 0.15) is 103 Å². The van der Waals surface area contributed by atoms with Crippen LogP contribution in [-0.2, 0) is 34.7 Å². The quantitative estimate of drug-likeness (QED) is 0.129. The standard InChI is InChI=1S/C21H25.C14H18.C5H5.Hf/c1-20(2,3)16-7-9-18-14(12-16)11-15-13-17(21(4,5)6)8-10-19(15)18;1-11(2)14-8-6-13(7-9-14)10-12-4-3-5-12;1-2-4-5-3-1;/h7-13H,1-6H3;6-9,11-12H,3-5H2,1-2H3;1-5H;/q-1;;-1;+2. The van der Waals surface area contributed by atoms with Crippen LogP contribution >= 0.6 is 0 Å². The van der Waals surface area contributed by atoms with Crippen molar-refractivity contribution in [2.24, 2.45) is 5.92 Å². The second-order valence-corrected chi connectivity index (χ2v) is 16.0. The Balaban J connectivity index is 0.000000168. The van der Waals surface area contributed by atoms with E-state index in [1.165, 1.54) is 87.0 Å². The summed E-state index contributed by atoms with van der Waals surface area (Å²) in [5.41, 5.74) is 6.18. The molecular weight excluding hydrogens is 659 g/mol. The average Bonchev–Trinajstić information content (AvgIpc) is 3.58. The van der Waals surface area contributed by atoms with E-state index in [1.807, 2.05) is 30.3 Å². The molecule has 5 aromatic rings. The van der Waals surface area contributed by atoms with E-state index in [0.29, 0.717) is 5.92 Å². The van der Waals surface area contributed by atoms with Gasteiger partial charge >= 0.3 is 107 Å². The first-order valence-electron chi connectivity index (χ1n) is 15.3. The van der Waals surface area contributed by atoms with E-state index in [4.69, 9.17) is 0 Å². The predicted octanol–water partition coefficient (Wildman–Crippen LogP) is 11.4. The van der Waals surface area contributed by atoms with Gasteiger partial charge in [0.2, 0.25) is 0 Å². The van der Waals surface area contributed by atoms with Gasteiger partial charge in [-0.15, -0.1) is 39.7 Å². The van der Waals surface area contributed by atoms with Crippen LogP contribution in [0.3, 0.4) is 0 Å². The maximum Gasteiger partial charge on any atom is -0.172 e. The molecule has 0 spiro atoms. The summed E-state index contributed by atoms with van der Waals surface area (Å²) >= 11 is 1.23. The Bertz CT molecular complexity index is 1450. The van der Waals surface area contributed by atoms with Crippen LogP contribution in [0.2, 0.25) is 0 Å². The molecule has 1 fully saturated rings. The number of hydrogen-bond donors (Lipinski definition) is 0. The van der Waals surface area contributed by atoms with Crippen LogP contribution in [-0.4, -0.2) is 3.26 Å². The minimum atomic E-state index is 0.203. The first-order chi connectivity index (χ1) is 19.3. The molecule has 41 heavy (non-hydrogen) atoms. The van der Waals surface area contributed by atoms with Crippen molar-refractivity contribution in [1.82, 2.24) is 0 Å². The van der Waals surface area contributed by atoms with Crippen LogP contribution in [0, 0.1) is 5.92 Å². The van der Waals surface area contributed by atoms with Crippen LogP contribution in [0.4, 0.5) is 0 Å². The summed E-state index contributed by atoms with van der Waals surface area (Å²) in [6.07, 6.45) is 4.32. The molecule has 0 unspecified atom stereocenters. The van der Waals surface area contributed by atoms with E-state index >= 15 is 0 Å². The largest absolute Gasteiger partial charge is 0.214 e. The van der Waals surface area contributed by atoms with E-state index < -0.39 is 0 Å². The monoisotopic (exact) mass is 708 g/mol. The zero-order chi connectivity index (χ0) is 29.8. The summed E-state index contributed by atoms with van der Waals surface area (Å²) in [6.45, 7) is 18.1. The van der Waals surface area contributed by atoms with Gasteiger partial charge in [0.15, 0.2) is 0 Å². The van der Waals surface area contributed by atoms with Crippen LogP contribution in [0.5, 0.6) is 0 Å². The fraction of sp³-hybridized carbons (Fsp3) is 0.375. The molecule has 1 saturated carbocycles. The molecule has 1 aliphatic rings. The van der Waals surface area contributed by atoms with E-state index in [1.54, 1.807) is 3.26 Å². The molecule has 0 nitrogen and oxygen atoms in total. The fourth-order valence-corrected chi connectivity index (χ4v) is 6.89. The van der Waals surface area contributed by atoms with E-state index in [-0.39, 0.29) is 10.8 Å². The van der Waals surface area contributed by atoms with Crippen molar-refractivity contribution in [3.8, 4) is 0 Å². The number of benzene rings is 3. The Hall–Kier alpha value is -2.38. The molecule has 0 heterocycles. The van der Waals surface area contributed by atoms with Gasteiger partial charge in [0.1, 0.15) is 0 Å². The van der Waals surface area contributed by atoms with Crippen LogP contribution in [0.15, 0.2) is 97.1 Å². The predicted molar refractivity (Wildman–Crippen MR) is 178 cm³/mol. The molecule has 0 atom stereocenters. The zero-order valence-corrected chi connectivity index (χ0v) is 30.1. The normalized spacial score (nSPS) is 13.8. The Morgan fingerprint density at radius 2 is 1.22 bits per heavy atom. The van der Waals surface area contributed by atoms with Crippen molar-refractivity contribution in [2.75, 3.05) is 0 Å². The third-order valence-electron chi connectivity index (χ3n) is 8.39. The first kappa shape index (κ1) is 31.6. The van der Waals surface area contributed by atoms with Gasteiger partial charge in [-0.25, -0.2) is 12.1 Å². The summed E-state index contributed by atoms with van der Waals surface area (Å²) in [5.74, 6) is 1.59. The van der Waals surface area contributed by atoms with Crippen LogP contribution in [0.25, 0.3) is 21.5 Å². The molecule has 0 radical (unpaired) electrons. The minimum absolute atomic E-state index is 0.203. The molecule has 0 saturated heterocycles. The molecule has 0 amide bonds. The number of hydrogen-bond acceptors (Lipinski definition) is 0. The zero-order valence-electron chi connectivity index (χ0n) is 26.5. The fourth-order valence-electron chi connectivity index (χ4n) is 5.26. The van der Waals surface area contributed by atoms with Gasteiger partial charge in [-0.2, -0.15) is 18.2 Å². The molecule has 212 valence electrons. The topological polar surface area (TPSA) is 0 Å². The van der Waals surface area contributed by atoms with Gasteiger partial charge in [-0.1, -0.05) is 76.9 Å². The Morgan fingerprint density at radius 3 is 1.56 bits per heavy atom. The maximum absolute atomic E-state index is 2.35. The summed E-state index contributed by atoms with van der Waals surface area (Å²) in [5, 5.41) is 5.48. The van der Waals surface area contributed by atoms with Gasteiger partial charge in [-0.05, 0) is 10.8 Å². The molecule has 1 heteroatoms. The van der Waals surface area contributed by atoms with Crippen molar-refractivity contribution in [3.63, 3.8) is 0 Å². The van der Waals surface area contributed by atoms with Crippen LogP contribution < -0.4 is 0 Å². The maximum atomic E-state index is 2.35. The minimum Gasteiger partial charge on any atom is -0.214 e. The molecule has 1 aliphatic carbocycles. The van der Waals surface area contributed by atoms with Crippen molar-refractivity contribution in [2.45, 2.75) is 91.4 Å². The molecule has 0 aromatic heterocycles. The molecule has 0 aliphatic heterocycles. The summed E-state index contributed by atoms with van der Waals surface area (Å²) in [6, 6.07) is 35.4. The van der Waals surface area contributed by atoms with E-state index in [2.05, 4.69) is 122 Å². The summed E-state index contributed by atoms with van der Waals surface area (Å²) < 4.78 is 1.73. The average molecular weight is 707 g/mol. The van der Waals surface area contributed by atoms with Gasteiger partial charge in [-0.3, -0.25) is 0 Å². The molecule has 0 N–H and O–H groups in total. The van der Waals surface area contributed by atoms with Gasteiger partial charge in [0, 0.05) is 0 Å². The Labute approximate surface area is 264 Å². The van der Waals surface area contributed by atoms with Crippen molar-refractivity contribution in [3.05, 3.63) is 119 Å². The van der Waals surface area contributed by atoms with E-state index in [0.717, 1.165) is 5.92 Å². The first-order valence-corrected chi connectivity index (χ1v) is 17.1. The third kappa shape index (κ3) is 8.13. The second-order valence-electron chi connectivity index (χ2n) is 14.0. The number of fused-ring (bicyclic) bond motifs is 3. The second kappa shape index (κ2) is 13.3. The van der Waals surface area contributed by atoms with Gasteiger partial charge in [0.25, 0.3) is 0 Å².